The van der Waals surface area contributed by atoms with Crippen molar-refractivity contribution in [2.24, 2.45) is 0 Å². The molecule has 5 rings (SSSR count). The van der Waals surface area contributed by atoms with Crippen molar-refractivity contribution in [2.75, 3.05) is 10.6 Å². The Hall–Kier alpha value is -5.31. The Bertz CT molecular complexity index is 1910. The number of benzene rings is 3. The number of ether oxygens (including phenoxy) is 2. The summed E-state index contributed by atoms with van der Waals surface area (Å²) in [6.07, 6.45) is 7.05. The minimum Gasteiger partial charge on any atom is -0.490 e. The molecule has 2 amide bonds. The van der Waals surface area contributed by atoms with Gasteiger partial charge in [-0.1, -0.05) is 76.6 Å². The van der Waals surface area contributed by atoms with Gasteiger partial charge in [0.05, 0.1) is 12.6 Å². The smallest absolute Gasteiger partial charge is 0.323 e. The van der Waals surface area contributed by atoms with Crippen LogP contribution in [0.1, 0.15) is 71.1 Å². The Kier molecular flexibility index (Phi) is 11.2. The molecular formula is C40H47N5O4. The van der Waals surface area contributed by atoms with Crippen molar-refractivity contribution >= 4 is 17.4 Å². The molecule has 0 aliphatic rings. The molecule has 3 aromatic carbocycles. The molecule has 0 aliphatic heterocycles. The Morgan fingerprint density at radius 3 is 2.39 bits per heavy atom. The lowest BCUT2D eigenvalue weighted by Crippen LogP contribution is -2.29. The van der Waals surface area contributed by atoms with E-state index in [2.05, 4.69) is 49.5 Å². The third-order valence-corrected chi connectivity index (χ3v) is 8.05. The fourth-order valence-corrected chi connectivity index (χ4v) is 5.63. The van der Waals surface area contributed by atoms with Crippen LogP contribution < -0.4 is 25.7 Å². The first-order chi connectivity index (χ1) is 23.5. The fraction of sp³-hybridized carbons (Fsp3) is 0.325. The average molecular weight is 662 g/mol. The number of unbranched alkanes of at least 4 members (excludes halogenated alkanes) is 1. The molecule has 5 aromatic rings. The molecule has 9 nitrogen and oxygen atoms in total. The third-order valence-electron chi connectivity index (χ3n) is 8.05. The zero-order valence-corrected chi connectivity index (χ0v) is 29.3. The van der Waals surface area contributed by atoms with E-state index in [-0.39, 0.29) is 22.8 Å². The molecule has 256 valence electrons. The summed E-state index contributed by atoms with van der Waals surface area (Å²) in [6.45, 7) is 13.8. The lowest BCUT2D eigenvalue weighted by molar-refractivity contribution is 0.242. The van der Waals surface area contributed by atoms with Gasteiger partial charge < -0.3 is 24.7 Å². The number of hydrogen-bond donors (Lipinski definition) is 2. The van der Waals surface area contributed by atoms with Gasteiger partial charge in [0, 0.05) is 41.9 Å². The maximum atomic E-state index is 14.1. The second kappa shape index (κ2) is 15.7. The topological polar surface area (TPSA) is 99.4 Å². The number of carbonyl (C=O) groups is 1. The highest BCUT2D eigenvalue weighted by Crippen LogP contribution is 2.38. The van der Waals surface area contributed by atoms with Gasteiger partial charge in [-0.15, -0.1) is 0 Å². The molecule has 2 aromatic heterocycles. The van der Waals surface area contributed by atoms with Crippen LogP contribution in [0, 0.1) is 0 Å². The summed E-state index contributed by atoms with van der Waals surface area (Å²) in [5.74, 6) is 1.20. The number of anilines is 2. The van der Waals surface area contributed by atoms with E-state index in [0.29, 0.717) is 48.0 Å². The average Bonchev–Trinajstić information content (AvgIpc) is 3.57. The maximum absolute atomic E-state index is 14.1. The summed E-state index contributed by atoms with van der Waals surface area (Å²) < 4.78 is 15.9. The van der Waals surface area contributed by atoms with Gasteiger partial charge in [-0.05, 0) is 78.8 Å². The van der Waals surface area contributed by atoms with Crippen LogP contribution in [0.3, 0.4) is 0 Å². The summed E-state index contributed by atoms with van der Waals surface area (Å²) in [7, 11) is 0. The predicted octanol–water partition coefficient (Wildman–Crippen LogP) is 8.87. The molecule has 0 atom stereocenters. The van der Waals surface area contributed by atoms with Crippen LogP contribution in [0.5, 0.6) is 11.5 Å². The molecule has 0 bridgehead atoms. The summed E-state index contributed by atoms with van der Waals surface area (Å²) >= 11 is 0. The number of aromatic nitrogens is 3. The van der Waals surface area contributed by atoms with Crippen LogP contribution >= 0.6 is 0 Å². The van der Waals surface area contributed by atoms with Crippen molar-refractivity contribution in [1.29, 1.82) is 0 Å². The van der Waals surface area contributed by atoms with Crippen LogP contribution in [-0.2, 0) is 25.1 Å². The van der Waals surface area contributed by atoms with Crippen molar-refractivity contribution in [3.8, 4) is 22.6 Å². The van der Waals surface area contributed by atoms with Crippen molar-refractivity contribution in [2.45, 2.75) is 85.6 Å². The minimum absolute atomic E-state index is 0.121. The molecule has 0 spiro atoms. The number of nitrogens with zero attached hydrogens (tertiary/aromatic N) is 3. The summed E-state index contributed by atoms with van der Waals surface area (Å²) in [5.41, 5.74) is 4.45. The Balaban J connectivity index is 1.53. The van der Waals surface area contributed by atoms with Crippen LogP contribution in [0.25, 0.3) is 11.1 Å². The monoisotopic (exact) mass is 661 g/mol. The number of aryl methyl sites for hydroxylation is 1. The summed E-state index contributed by atoms with van der Waals surface area (Å²) in [5, 5.41) is 10.3. The number of rotatable bonds is 13. The zero-order valence-electron chi connectivity index (χ0n) is 29.3. The van der Waals surface area contributed by atoms with Crippen molar-refractivity contribution in [3.05, 3.63) is 124 Å². The van der Waals surface area contributed by atoms with E-state index < -0.39 is 6.03 Å². The van der Waals surface area contributed by atoms with E-state index in [1.807, 2.05) is 97.5 Å². The van der Waals surface area contributed by atoms with Gasteiger partial charge >= 0.3 is 6.03 Å². The van der Waals surface area contributed by atoms with Crippen LogP contribution in [0.15, 0.2) is 102 Å². The first-order valence-electron chi connectivity index (χ1n) is 16.9. The SMILES string of the molecule is CCCCn1ccc(-c2cc(OCc3ccccc3)ccc2OC(C)C)c(NC(=O)Nc2cc(Cn3cccn3)ccc2C(C)(C)C)c1=O. The quantitative estimate of drug-likeness (QED) is 0.131. The number of amides is 2. The number of urea groups is 1. The zero-order chi connectivity index (χ0) is 35.0. The van der Waals surface area contributed by atoms with E-state index in [9.17, 15) is 9.59 Å². The van der Waals surface area contributed by atoms with Crippen LogP contribution in [-0.4, -0.2) is 26.5 Å². The molecule has 0 aliphatic carbocycles. The number of pyridine rings is 1. The third kappa shape index (κ3) is 9.19. The standard InChI is InChI=1S/C40H47N5O4/c1-7-8-21-44-23-19-32(33-25-31(16-18-36(33)49-28(2)3)48-27-29-13-10-9-11-14-29)37(38(44)46)43-39(47)42-35-24-30(26-45-22-12-20-41-45)15-17-34(35)40(4,5)6/h9-20,22-25,28H,7-8,21,26-27H2,1-6H3,(H2,42,43,47). The Morgan fingerprint density at radius 2 is 1.69 bits per heavy atom. The van der Waals surface area contributed by atoms with Gasteiger partial charge in [-0.25, -0.2) is 4.79 Å². The summed E-state index contributed by atoms with van der Waals surface area (Å²) in [4.78, 5) is 28.0. The van der Waals surface area contributed by atoms with Crippen molar-refractivity contribution in [3.63, 3.8) is 0 Å². The largest absolute Gasteiger partial charge is 0.490 e. The number of hydrogen-bond acceptors (Lipinski definition) is 5. The second-order valence-corrected chi connectivity index (χ2v) is 13.5. The second-order valence-electron chi connectivity index (χ2n) is 13.5. The van der Waals surface area contributed by atoms with Gasteiger partial charge in [0.15, 0.2) is 0 Å². The van der Waals surface area contributed by atoms with Gasteiger partial charge in [-0.3, -0.25) is 9.48 Å². The molecule has 0 saturated heterocycles. The van der Waals surface area contributed by atoms with E-state index in [0.717, 1.165) is 29.5 Å². The van der Waals surface area contributed by atoms with Gasteiger partial charge in [-0.2, -0.15) is 5.10 Å². The van der Waals surface area contributed by atoms with E-state index in [1.54, 1.807) is 17.0 Å². The van der Waals surface area contributed by atoms with Crippen LogP contribution in [0.4, 0.5) is 16.2 Å². The number of nitrogens with one attached hydrogen (secondary N) is 2. The molecule has 0 saturated carbocycles. The molecule has 0 unspecified atom stereocenters. The van der Waals surface area contributed by atoms with E-state index >= 15 is 0 Å². The van der Waals surface area contributed by atoms with Crippen LogP contribution in [0.2, 0.25) is 0 Å². The van der Waals surface area contributed by atoms with Crippen molar-refractivity contribution in [1.82, 2.24) is 14.3 Å². The summed E-state index contributed by atoms with van der Waals surface area (Å²) in [6, 6.07) is 24.8. The molecule has 0 radical (unpaired) electrons. The number of carbonyl (C=O) groups excluding carboxylic acids is 1. The lowest BCUT2D eigenvalue weighted by atomic mass is 9.85. The Labute approximate surface area is 288 Å². The predicted molar refractivity (Wildman–Crippen MR) is 197 cm³/mol. The van der Waals surface area contributed by atoms with E-state index in [4.69, 9.17) is 9.47 Å². The normalized spacial score (nSPS) is 11.4. The first kappa shape index (κ1) is 35.0. The molecule has 2 N–H and O–H groups in total. The highest BCUT2D eigenvalue weighted by atomic mass is 16.5. The van der Waals surface area contributed by atoms with Gasteiger partial charge in [0.1, 0.15) is 23.8 Å². The fourth-order valence-electron chi connectivity index (χ4n) is 5.63. The highest BCUT2D eigenvalue weighted by Gasteiger charge is 2.23. The molecule has 2 heterocycles. The molecule has 9 heteroatoms. The van der Waals surface area contributed by atoms with Crippen molar-refractivity contribution < 1.29 is 14.3 Å². The molecule has 0 fully saturated rings. The van der Waals surface area contributed by atoms with E-state index in [1.165, 1.54) is 0 Å². The molecular weight excluding hydrogens is 614 g/mol. The first-order valence-corrected chi connectivity index (χ1v) is 16.9. The minimum atomic E-state index is -0.517. The highest BCUT2D eigenvalue weighted by molar-refractivity contribution is 6.03. The lowest BCUT2D eigenvalue weighted by Gasteiger charge is -2.24. The van der Waals surface area contributed by atoms with Gasteiger partial charge in [0.25, 0.3) is 5.56 Å². The maximum Gasteiger partial charge on any atom is 0.323 e. The molecule has 49 heavy (non-hydrogen) atoms. The van der Waals surface area contributed by atoms with Gasteiger partial charge in [0.2, 0.25) is 0 Å². The Morgan fingerprint density at radius 1 is 0.898 bits per heavy atom.